The number of nitrogens with zero attached hydrogens (tertiary/aromatic N) is 3. The molecular formula is C19H24N4O2. The zero-order valence-electron chi connectivity index (χ0n) is 14.8. The minimum Gasteiger partial charge on any atom is -0.347 e. The fraction of sp³-hybridized carbons (Fsp3) is 0.474. The summed E-state index contributed by atoms with van der Waals surface area (Å²) in [6.07, 6.45) is 1.70. The number of para-hydroxylation sites is 1. The van der Waals surface area contributed by atoms with Gasteiger partial charge in [0.05, 0.1) is 13.2 Å². The van der Waals surface area contributed by atoms with Gasteiger partial charge in [-0.25, -0.2) is 4.98 Å². The van der Waals surface area contributed by atoms with Gasteiger partial charge in [0.15, 0.2) is 5.79 Å². The van der Waals surface area contributed by atoms with Crippen LogP contribution in [-0.2, 0) is 9.47 Å². The summed E-state index contributed by atoms with van der Waals surface area (Å²) in [5.41, 5.74) is 3.21. The Bertz CT molecular complexity index is 749. The van der Waals surface area contributed by atoms with E-state index in [0.29, 0.717) is 13.2 Å². The lowest BCUT2D eigenvalue weighted by Gasteiger charge is -2.37. The van der Waals surface area contributed by atoms with Crippen LogP contribution in [-0.4, -0.2) is 42.1 Å². The third-order valence-corrected chi connectivity index (χ3v) is 4.87. The molecule has 1 spiro atoms. The molecule has 25 heavy (non-hydrogen) atoms. The molecule has 2 aromatic rings. The number of aryl methyl sites for hydroxylation is 2. The number of nitrogens with one attached hydrogen (secondary N) is 1. The summed E-state index contributed by atoms with van der Waals surface area (Å²) < 4.78 is 11.6. The lowest BCUT2D eigenvalue weighted by molar-refractivity contribution is -0.169. The number of aromatic nitrogens is 2. The molecule has 2 aliphatic rings. The monoisotopic (exact) mass is 340 g/mol. The van der Waals surface area contributed by atoms with Crippen molar-refractivity contribution in [3.8, 4) is 0 Å². The SMILES string of the molecule is Cc1cc(Nc2ccccc2C)nc(N2CCC3(CC2)OCCO3)n1. The van der Waals surface area contributed by atoms with Crippen molar-refractivity contribution in [2.45, 2.75) is 32.5 Å². The van der Waals surface area contributed by atoms with Crippen molar-refractivity contribution < 1.29 is 9.47 Å². The number of hydrogen-bond donors (Lipinski definition) is 1. The lowest BCUT2D eigenvalue weighted by atomic mass is 10.0. The van der Waals surface area contributed by atoms with E-state index in [1.165, 1.54) is 5.56 Å². The van der Waals surface area contributed by atoms with Crippen LogP contribution >= 0.6 is 0 Å². The van der Waals surface area contributed by atoms with Crippen LogP contribution < -0.4 is 10.2 Å². The van der Waals surface area contributed by atoms with Gasteiger partial charge < -0.3 is 19.7 Å². The molecule has 2 aliphatic heterocycles. The minimum absolute atomic E-state index is 0.372. The molecule has 0 unspecified atom stereocenters. The van der Waals surface area contributed by atoms with Crippen LogP contribution in [0.5, 0.6) is 0 Å². The van der Waals surface area contributed by atoms with Crippen LogP contribution in [0.2, 0.25) is 0 Å². The van der Waals surface area contributed by atoms with Gasteiger partial charge in [-0.3, -0.25) is 0 Å². The fourth-order valence-corrected chi connectivity index (χ4v) is 3.44. The maximum absolute atomic E-state index is 5.80. The Morgan fingerprint density at radius 1 is 1.04 bits per heavy atom. The van der Waals surface area contributed by atoms with Crippen LogP contribution in [0.3, 0.4) is 0 Å². The molecule has 0 radical (unpaired) electrons. The van der Waals surface area contributed by atoms with Gasteiger partial charge >= 0.3 is 0 Å². The zero-order valence-corrected chi connectivity index (χ0v) is 14.8. The summed E-state index contributed by atoms with van der Waals surface area (Å²) in [6, 6.07) is 10.2. The van der Waals surface area contributed by atoms with Gasteiger partial charge in [0.2, 0.25) is 5.95 Å². The van der Waals surface area contributed by atoms with Crippen LogP contribution in [0.25, 0.3) is 0 Å². The molecule has 0 atom stereocenters. The van der Waals surface area contributed by atoms with Crippen molar-refractivity contribution in [2.75, 3.05) is 36.5 Å². The molecule has 0 amide bonds. The number of anilines is 3. The Morgan fingerprint density at radius 2 is 1.76 bits per heavy atom. The van der Waals surface area contributed by atoms with E-state index in [4.69, 9.17) is 14.5 Å². The molecule has 2 fully saturated rings. The Balaban J connectivity index is 1.51. The highest BCUT2D eigenvalue weighted by molar-refractivity contribution is 5.61. The van der Waals surface area contributed by atoms with Gasteiger partial charge in [-0.1, -0.05) is 18.2 Å². The number of ether oxygens (including phenoxy) is 2. The van der Waals surface area contributed by atoms with Crippen LogP contribution in [0.15, 0.2) is 30.3 Å². The molecule has 1 N–H and O–H groups in total. The number of benzene rings is 1. The van der Waals surface area contributed by atoms with Crippen molar-refractivity contribution in [1.29, 1.82) is 0 Å². The van der Waals surface area contributed by atoms with Gasteiger partial charge in [-0.15, -0.1) is 0 Å². The Morgan fingerprint density at radius 3 is 2.48 bits per heavy atom. The standard InChI is InChI=1S/C19H24N4O2/c1-14-5-3-4-6-16(14)21-17-13-15(2)20-18(22-17)23-9-7-19(8-10-23)24-11-12-25-19/h3-6,13H,7-12H2,1-2H3,(H,20,21,22). The van der Waals surface area contributed by atoms with Gasteiger partial charge in [-0.05, 0) is 25.5 Å². The highest BCUT2D eigenvalue weighted by atomic mass is 16.7. The molecule has 6 nitrogen and oxygen atoms in total. The summed E-state index contributed by atoms with van der Waals surface area (Å²) in [5.74, 6) is 1.22. The van der Waals surface area contributed by atoms with E-state index in [2.05, 4.69) is 34.3 Å². The molecule has 0 aliphatic carbocycles. The average Bonchev–Trinajstić information content (AvgIpc) is 3.05. The van der Waals surface area contributed by atoms with E-state index < -0.39 is 0 Å². The van der Waals surface area contributed by atoms with E-state index >= 15 is 0 Å². The van der Waals surface area contributed by atoms with Gasteiger partial charge in [0.25, 0.3) is 0 Å². The first-order valence-corrected chi connectivity index (χ1v) is 8.85. The van der Waals surface area contributed by atoms with Gasteiger partial charge in [-0.2, -0.15) is 4.98 Å². The smallest absolute Gasteiger partial charge is 0.227 e. The third kappa shape index (κ3) is 3.45. The molecule has 132 valence electrons. The largest absolute Gasteiger partial charge is 0.347 e. The molecule has 1 aromatic heterocycles. The van der Waals surface area contributed by atoms with E-state index in [9.17, 15) is 0 Å². The Hall–Kier alpha value is -2.18. The van der Waals surface area contributed by atoms with Crippen LogP contribution in [0.4, 0.5) is 17.5 Å². The first-order chi connectivity index (χ1) is 12.1. The number of rotatable bonds is 3. The Kier molecular flexibility index (Phi) is 4.31. The normalized spacial score (nSPS) is 19.4. The molecule has 0 bridgehead atoms. The highest BCUT2D eigenvalue weighted by Crippen LogP contribution is 2.32. The van der Waals surface area contributed by atoms with Crippen molar-refractivity contribution in [3.05, 3.63) is 41.6 Å². The molecular weight excluding hydrogens is 316 g/mol. The second kappa shape index (κ2) is 6.61. The summed E-state index contributed by atoms with van der Waals surface area (Å²) in [7, 11) is 0. The molecule has 4 rings (SSSR count). The van der Waals surface area contributed by atoms with E-state index in [1.807, 2.05) is 25.1 Å². The highest BCUT2D eigenvalue weighted by Gasteiger charge is 2.40. The van der Waals surface area contributed by atoms with Crippen molar-refractivity contribution in [1.82, 2.24) is 9.97 Å². The van der Waals surface area contributed by atoms with Gasteiger partial charge in [0, 0.05) is 43.4 Å². The number of piperidine rings is 1. The topological polar surface area (TPSA) is 59.5 Å². The first kappa shape index (κ1) is 16.3. The summed E-state index contributed by atoms with van der Waals surface area (Å²) >= 11 is 0. The molecule has 1 aromatic carbocycles. The predicted octanol–water partition coefficient (Wildman–Crippen LogP) is 3.18. The number of hydrogen-bond acceptors (Lipinski definition) is 6. The first-order valence-electron chi connectivity index (χ1n) is 8.85. The van der Waals surface area contributed by atoms with E-state index in [0.717, 1.165) is 49.1 Å². The second-order valence-electron chi connectivity index (χ2n) is 6.73. The van der Waals surface area contributed by atoms with Gasteiger partial charge in [0.1, 0.15) is 5.82 Å². The molecule has 2 saturated heterocycles. The zero-order chi connectivity index (χ0) is 17.3. The summed E-state index contributed by atoms with van der Waals surface area (Å²) in [5, 5.41) is 3.41. The second-order valence-corrected chi connectivity index (χ2v) is 6.73. The Labute approximate surface area is 148 Å². The third-order valence-electron chi connectivity index (χ3n) is 4.87. The van der Waals surface area contributed by atoms with Crippen molar-refractivity contribution in [2.24, 2.45) is 0 Å². The minimum atomic E-state index is -0.372. The van der Waals surface area contributed by atoms with Crippen LogP contribution in [0.1, 0.15) is 24.1 Å². The quantitative estimate of drug-likeness (QED) is 0.926. The summed E-state index contributed by atoms with van der Waals surface area (Å²) in [4.78, 5) is 11.6. The summed E-state index contributed by atoms with van der Waals surface area (Å²) in [6.45, 7) is 7.17. The van der Waals surface area contributed by atoms with Crippen molar-refractivity contribution >= 4 is 17.5 Å². The molecule has 3 heterocycles. The van der Waals surface area contributed by atoms with Crippen LogP contribution in [0, 0.1) is 13.8 Å². The maximum atomic E-state index is 5.80. The lowest BCUT2D eigenvalue weighted by Crippen LogP contribution is -2.45. The average molecular weight is 340 g/mol. The van der Waals surface area contributed by atoms with Crippen molar-refractivity contribution in [3.63, 3.8) is 0 Å². The van der Waals surface area contributed by atoms with E-state index in [1.54, 1.807) is 0 Å². The molecule has 0 saturated carbocycles. The maximum Gasteiger partial charge on any atom is 0.227 e. The fourth-order valence-electron chi connectivity index (χ4n) is 3.44. The molecule has 6 heteroatoms. The predicted molar refractivity (Wildman–Crippen MR) is 97.3 cm³/mol. The van der Waals surface area contributed by atoms with E-state index in [-0.39, 0.29) is 5.79 Å².